The Bertz CT molecular complexity index is 1140. The lowest BCUT2D eigenvalue weighted by Gasteiger charge is -2.16. The summed E-state index contributed by atoms with van der Waals surface area (Å²) in [5.41, 5.74) is 1.39. The number of imidazole rings is 1. The number of nitrogens with zero attached hydrogens (tertiary/aromatic N) is 4. The molecule has 1 atom stereocenters. The van der Waals surface area contributed by atoms with Crippen LogP contribution in [0.2, 0.25) is 13.1 Å². The molecule has 1 unspecified atom stereocenters. The van der Waals surface area contributed by atoms with Crippen molar-refractivity contribution < 1.29 is 27.6 Å². The maximum Gasteiger partial charge on any atom is 0.414 e. The minimum Gasteiger partial charge on any atom is -0.471 e. The van der Waals surface area contributed by atoms with E-state index in [0.29, 0.717) is 29.7 Å². The van der Waals surface area contributed by atoms with Gasteiger partial charge in [-0.25, -0.2) is 14.2 Å². The van der Waals surface area contributed by atoms with Gasteiger partial charge in [0, 0.05) is 17.7 Å². The number of rotatable bonds is 8. The van der Waals surface area contributed by atoms with Gasteiger partial charge in [-0.1, -0.05) is 20.8 Å². The summed E-state index contributed by atoms with van der Waals surface area (Å²) in [6.07, 6.45) is 2.16. The molecule has 0 N–H and O–H groups in total. The Morgan fingerprint density at radius 1 is 1.26 bits per heavy atom. The summed E-state index contributed by atoms with van der Waals surface area (Å²) in [5, 5.41) is 3.65. The molecule has 0 saturated carbocycles. The van der Waals surface area contributed by atoms with E-state index in [0.717, 1.165) is 5.69 Å². The van der Waals surface area contributed by atoms with Crippen LogP contribution >= 0.6 is 0 Å². The SMILES string of the molecule is C[SiH](C)OCc1nc(C(C)(C)C)cn1-c1ccc(N2CC(COc3ccon3)OC2=O)cc1F. The van der Waals surface area contributed by atoms with Gasteiger partial charge in [-0.05, 0) is 36.4 Å². The van der Waals surface area contributed by atoms with Crippen molar-refractivity contribution in [2.75, 3.05) is 18.1 Å². The van der Waals surface area contributed by atoms with Crippen molar-refractivity contribution in [3.8, 4) is 11.6 Å². The first kappa shape index (κ1) is 24.0. The molecule has 4 rings (SSSR count). The number of aromatic nitrogens is 3. The standard InChI is InChI=1S/C23H29FN4O5Si/c1-23(2,3)19-12-28(20(25-19)14-32-34(4)5)18-7-6-15(10-17(18)24)27-11-16(33-22(27)29)13-30-21-8-9-31-26-21/h6-10,12,16,34H,11,13-14H2,1-5H3. The zero-order valence-corrected chi connectivity index (χ0v) is 21.1. The van der Waals surface area contributed by atoms with Crippen molar-refractivity contribution in [3.05, 3.63) is 54.1 Å². The normalized spacial score (nSPS) is 16.4. The Morgan fingerprint density at radius 3 is 2.71 bits per heavy atom. The first-order valence-electron chi connectivity index (χ1n) is 11.1. The van der Waals surface area contributed by atoms with E-state index in [9.17, 15) is 4.79 Å². The molecule has 1 aliphatic rings. The van der Waals surface area contributed by atoms with Gasteiger partial charge in [0.25, 0.3) is 5.88 Å². The molecular weight excluding hydrogens is 459 g/mol. The van der Waals surface area contributed by atoms with Gasteiger partial charge >= 0.3 is 6.09 Å². The summed E-state index contributed by atoms with van der Waals surface area (Å²) >= 11 is 0. The molecule has 34 heavy (non-hydrogen) atoms. The summed E-state index contributed by atoms with van der Waals surface area (Å²) in [6, 6.07) is 6.23. The zero-order chi connectivity index (χ0) is 24.5. The van der Waals surface area contributed by atoms with Gasteiger partial charge in [0.05, 0.1) is 30.2 Å². The highest BCUT2D eigenvalue weighted by molar-refractivity contribution is 6.48. The Balaban J connectivity index is 1.54. The van der Waals surface area contributed by atoms with Crippen molar-refractivity contribution in [2.45, 2.75) is 52.0 Å². The highest BCUT2D eigenvalue weighted by Gasteiger charge is 2.33. The number of benzene rings is 1. The van der Waals surface area contributed by atoms with Crippen LogP contribution < -0.4 is 9.64 Å². The molecule has 0 aliphatic carbocycles. The molecule has 1 aromatic carbocycles. The smallest absolute Gasteiger partial charge is 0.414 e. The van der Waals surface area contributed by atoms with Crippen molar-refractivity contribution in [2.24, 2.45) is 0 Å². The lowest BCUT2D eigenvalue weighted by molar-refractivity contribution is 0.102. The third-order valence-corrected chi connectivity index (χ3v) is 6.13. The molecule has 0 bridgehead atoms. The van der Waals surface area contributed by atoms with Crippen molar-refractivity contribution in [1.29, 1.82) is 0 Å². The number of carbonyl (C=O) groups excluding carboxylic acids is 1. The van der Waals surface area contributed by atoms with Gasteiger partial charge in [-0.2, -0.15) is 0 Å². The second kappa shape index (κ2) is 9.59. The quantitative estimate of drug-likeness (QED) is 0.439. The van der Waals surface area contributed by atoms with Crippen LogP contribution in [0.1, 0.15) is 32.3 Å². The maximum atomic E-state index is 15.3. The summed E-state index contributed by atoms with van der Waals surface area (Å²) in [7, 11) is -1.28. The number of hydrogen-bond acceptors (Lipinski definition) is 7. The van der Waals surface area contributed by atoms with E-state index >= 15 is 4.39 Å². The fourth-order valence-electron chi connectivity index (χ4n) is 3.46. The number of halogens is 1. The number of amides is 1. The molecule has 0 radical (unpaired) electrons. The van der Waals surface area contributed by atoms with E-state index in [1.807, 2.05) is 6.20 Å². The molecular formula is C23H29FN4O5Si. The minimum absolute atomic E-state index is 0.114. The average Bonchev–Trinajstić information content (AvgIpc) is 3.50. The van der Waals surface area contributed by atoms with Crippen LogP contribution in [0.5, 0.6) is 5.88 Å². The van der Waals surface area contributed by atoms with Crippen LogP contribution in [0.15, 0.2) is 41.2 Å². The van der Waals surface area contributed by atoms with E-state index < -0.39 is 27.1 Å². The van der Waals surface area contributed by atoms with E-state index in [1.54, 1.807) is 22.8 Å². The second-order valence-electron chi connectivity index (χ2n) is 9.42. The van der Waals surface area contributed by atoms with Crippen LogP contribution in [0, 0.1) is 5.82 Å². The topological polar surface area (TPSA) is 91.8 Å². The van der Waals surface area contributed by atoms with Crippen molar-refractivity contribution >= 4 is 20.8 Å². The van der Waals surface area contributed by atoms with Crippen LogP contribution in [0.4, 0.5) is 14.9 Å². The molecule has 1 aliphatic heterocycles. The Labute approximate surface area is 199 Å². The number of ether oxygens (including phenoxy) is 2. The number of carbonyl (C=O) groups is 1. The molecule has 182 valence electrons. The van der Waals surface area contributed by atoms with Crippen LogP contribution in [0.25, 0.3) is 5.69 Å². The van der Waals surface area contributed by atoms with Crippen molar-refractivity contribution in [3.63, 3.8) is 0 Å². The molecule has 1 saturated heterocycles. The predicted octanol–water partition coefficient (Wildman–Crippen LogP) is 4.20. The lowest BCUT2D eigenvalue weighted by Crippen LogP contribution is -2.26. The maximum absolute atomic E-state index is 15.3. The van der Waals surface area contributed by atoms with Gasteiger partial charge in [0.2, 0.25) is 0 Å². The van der Waals surface area contributed by atoms with Crippen LogP contribution in [-0.2, 0) is 21.2 Å². The monoisotopic (exact) mass is 488 g/mol. The third-order valence-electron chi connectivity index (χ3n) is 5.30. The number of anilines is 1. The minimum atomic E-state index is -1.28. The van der Waals surface area contributed by atoms with E-state index in [4.69, 9.17) is 23.4 Å². The largest absolute Gasteiger partial charge is 0.471 e. The van der Waals surface area contributed by atoms with Crippen LogP contribution in [-0.4, -0.2) is 49.1 Å². The van der Waals surface area contributed by atoms with Gasteiger partial charge in [-0.15, -0.1) is 0 Å². The Kier molecular flexibility index (Phi) is 6.76. The summed E-state index contributed by atoms with van der Waals surface area (Å²) < 4.78 is 38.4. The molecule has 1 fully saturated rings. The van der Waals surface area contributed by atoms with Gasteiger partial charge in [0.1, 0.15) is 24.5 Å². The van der Waals surface area contributed by atoms with Gasteiger partial charge < -0.3 is 18.4 Å². The first-order valence-corrected chi connectivity index (χ1v) is 13.9. The third kappa shape index (κ3) is 5.31. The van der Waals surface area contributed by atoms with Gasteiger partial charge in [-0.3, -0.25) is 9.47 Å². The summed E-state index contributed by atoms with van der Waals surface area (Å²) in [5.74, 6) is 0.469. The fourth-order valence-corrected chi connectivity index (χ4v) is 3.95. The molecule has 2 aromatic heterocycles. The number of cyclic esters (lactones) is 1. The predicted molar refractivity (Wildman–Crippen MR) is 126 cm³/mol. The van der Waals surface area contributed by atoms with Gasteiger partial charge in [0.15, 0.2) is 15.1 Å². The highest BCUT2D eigenvalue weighted by Crippen LogP contribution is 2.29. The molecule has 9 nitrogen and oxygen atoms in total. The fraction of sp³-hybridized carbons (Fsp3) is 0.435. The first-order chi connectivity index (χ1) is 16.1. The van der Waals surface area contributed by atoms with Crippen molar-refractivity contribution in [1.82, 2.24) is 14.7 Å². The molecule has 3 heterocycles. The second-order valence-corrected chi connectivity index (χ2v) is 11.9. The lowest BCUT2D eigenvalue weighted by atomic mass is 9.93. The Morgan fingerprint density at radius 2 is 2.06 bits per heavy atom. The molecule has 11 heteroatoms. The molecule has 1 amide bonds. The molecule has 0 spiro atoms. The van der Waals surface area contributed by atoms with E-state index in [2.05, 4.69) is 39.0 Å². The summed E-state index contributed by atoms with van der Waals surface area (Å²) in [4.78, 5) is 18.5. The van der Waals surface area contributed by atoms with E-state index in [-0.39, 0.29) is 18.6 Å². The van der Waals surface area contributed by atoms with Crippen LogP contribution in [0.3, 0.4) is 0 Å². The van der Waals surface area contributed by atoms with E-state index in [1.165, 1.54) is 17.2 Å². The highest BCUT2D eigenvalue weighted by atomic mass is 28.3. The zero-order valence-electron chi connectivity index (χ0n) is 19.9. The Hall–Kier alpha value is -3.18. The molecule has 3 aromatic rings. The summed E-state index contributed by atoms with van der Waals surface area (Å²) in [6.45, 7) is 11.0. The average molecular weight is 489 g/mol. The number of hydrogen-bond donors (Lipinski definition) is 0.